The Morgan fingerprint density at radius 2 is 2.12 bits per heavy atom. The van der Waals surface area contributed by atoms with Crippen LogP contribution in [0, 0.1) is 6.92 Å². The Balaban J connectivity index is 1.60. The fourth-order valence-corrected chi connectivity index (χ4v) is 5.17. The van der Waals surface area contributed by atoms with Crippen molar-refractivity contribution in [3.63, 3.8) is 0 Å². The van der Waals surface area contributed by atoms with Crippen molar-refractivity contribution in [1.29, 1.82) is 0 Å². The van der Waals surface area contributed by atoms with E-state index in [4.69, 9.17) is 16.3 Å². The number of fused-ring (bicyclic) bond motifs is 1. The number of hydrogen-bond donors (Lipinski definition) is 0. The number of rotatable bonds is 4. The molecule has 3 aromatic heterocycles. The molecule has 0 spiro atoms. The standard InChI is InChI=1S/C17H17ClN4O3S/c1-12-14(5-4-8-19-12)25-13-7-10-21(11-13)26(23,24)17-16(18)20-15-6-2-3-9-22(15)17/h2-6,8-9,13H,7,10-11H2,1H3/t13-/m1/s1. The fourth-order valence-electron chi connectivity index (χ4n) is 3.08. The molecule has 1 aliphatic heterocycles. The van der Waals surface area contributed by atoms with E-state index in [2.05, 4.69) is 9.97 Å². The van der Waals surface area contributed by atoms with Gasteiger partial charge in [0, 0.05) is 18.9 Å². The molecule has 4 rings (SSSR count). The smallest absolute Gasteiger partial charge is 0.262 e. The molecule has 4 heterocycles. The summed E-state index contributed by atoms with van der Waals surface area (Å²) in [4.78, 5) is 8.32. The lowest BCUT2D eigenvalue weighted by Crippen LogP contribution is -2.32. The van der Waals surface area contributed by atoms with Crippen LogP contribution in [-0.4, -0.2) is 46.3 Å². The summed E-state index contributed by atoms with van der Waals surface area (Å²) < 4.78 is 35.1. The first kappa shape index (κ1) is 17.3. The molecule has 0 aromatic carbocycles. The van der Waals surface area contributed by atoms with E-state index in [0.717, 1.165) is 5.69 Å². The Kier molecular flexibility index (Phi) is 4.34. The summed E-state index contributed by atoms with van der Waals surface area (Å²) in [5, 5.41) is -0.0309. The Hall–Kier alpha value is -2.16. The highest BCUT2D eigenvalue weighted by atomic mass is 35.5. The van der Waals surface area contributed by atoms with Gasteiger partial charge in [-0.05, 0) is 37.6 Å². The van der Waals surface area contributed by atoms with Gasteiger partial charge in [0.1, 0.15) is 17.5 Å². The first-order valence-corrected chi connectivity index (χ1v) is 9.99. The summed E-state index contributed by atoms with van der Waals surface area (Å²) in [5.74, 6) is 0.671. The monoisotopic (exact) mass is 392 g/mol. The second-order valence-corrected chi connectivity index (χ2v) is 8.33. The van der Waals surface area contributed by atoms with Crippen LogP contribution in [0.4, 0.5) is 0 Å². The summed E-state index contributed by atoms with van der Waals surface area (Å²) in [7, 11) is -3.78. The van der Waals surface area contributed by atoms with E-state index in [-0.39, 0.29) is 22.8 Å². The molecule has 136 valence electrons. The zero-order valence-electron chi connectivity index (χ0n) is 14.0. The Labute approximate surface area is 156 Å². The number of imidazole rings is 1. The van der Waals surface area contributed by atoms with E-state index in [0.29, 0.717) is 24.4 Å². The van der Waals surface area contributed by atoms with Crippen molar-refractivity contribution in [2.45, 2.75) is 24.5 Å². The minimum Gasteiger partial charge on any atom is -0.487 e. The van der Waals surface area contributed by atoms with Gasteiger partial charge in [0.05, 0.1) is 12.2 Å². The van der Waals surface area contributed by atoms with Crippen molar-refractivity contribution in [3.8, 4) is 5.75 Å². The van der Waals surface area contributed by atoms with Gasteiger partial charge in [-0.25, -0.2) is 13.4 Å². The van der Waals surface area contributed by atoms with Gasteiger partial charge >= 0.3 is 0 Å². The van der Waals surface area contributed by atoms with Gasteiger partial charge in [-0.1, -0.05) is 17.7 Å². The maximum atomic E-state index is 13.1. The highest BCUT2D eigenvalue weighted by Crippen LogP contribution is 2.29. The van der Waals surface area contributed by atoms with E-state index >= 15 is 0 Å². The normalized spacial score (nSPS) is 18.5. The molecule has 0 amide bonds. The predicted molar refractivity (Wildman–Crippen MR) is 97.0 cm³/mol. The third-order valence-electron chi connectivity index (χ3n) is 4.39. The maximum Gasteiger partial charge on any atom is 0.262 e. The van der Waals surface area contributed by atoms with Crippen molar-refractivity contribution >= 4 is 27.3 Å². The van der Waals surface area contributed by atoms with Gasteiger partial charge in [0.25, 0.3) is 10.0 Å². The minimum absolute atomic E-state index is 0.00650. The average molecular weight is 393 g/mol. The summed E-state index contributed by atoms with van der Waals surface area (Å²) in [5.41, 5.74) is 1.27. The first-order chi connectivity index (χ1) is 12.5. The summed E-state index contributed by atoms with van der Waals surface area (Å²) >= 11 is 6.14. The quantitative estimate of drug-likeness (QED) is 0.681. The van der Waals surface area contributed by atoms with Gasteiger partial charge in [0.15, 0.2) is 10.2 Å². The van der Waals surface area contributed by atoms with Gasteiger partial charge in [-0.15, -0.1) is 0 Å². The lowest BCUT2D eigenvalue weighted by atomic mass is 10.3. The fraction of sp³-hybridized carbons (Fsp3) is 0.294. The molecule has 1 aliphatic rings. The molecule has 0 aliphatic carbocycles. The number of ether oxygens (including phenoxy) is 1. The van der Waals surface area contributed by atoms with Gasteiger partial charge in [-0.3, -0.25) is 9.38 Å². The summed E-state index contributed by atoms with van der Waals surface area (Å²) in [6.07, 6.45) is 3.71. The topological polar surface area (TPSA) is 76.8 Å². The van der Waals surface area contributed by atoms with Crippen molar-refractivity contribution in [3.05, 3.63) is 53.6 Å². The van der Waals surface area contributed by atoms with E-state index in [1.807, 2.05) is 13.0 Å². The second-order valence-electron chi connectivity index (χ2n) is 6.12. The van der Waals surface area contributed by atoms with Crippen LogP contribution in [0.3, 0.4) is 0 Å². The van der Waals surface area contributed by atoms with Crippen LogP contribution in [-0.2, 0) is 10.0 Å². The molecule has 0 saturated carbocycles. The molecule has 0 unspecified atom stereocenters. The molecule has 3 aromatic rings. The summed E-state index contributed by atoms with van der Waals surface area (Å²) in [6.45, 7) is 2.48. The summed E-state index contributed by atoms with van der Waals surface area (Å²) in [6, 6.07) is 8.87. The van der Waals surface area contributed by atoms with Crippen LogP contribution in [0.2, 0.25) is 5.15 Å². The van der Waals surface area contributed by atoms with Gasteiger partial charge < -0.3 is 4.74 Å². The molecular weight excluding hydrogens is 376 g/mol. The molecule has 9 heteroatoms. The van der Waals surface area contributed by atoms with Crippen LogP contribution in [0.15, 0.2) is 47.8 Å². The van der Waals surface area contributed by atoms with Crippen LogP contribution in [0.25, 0.3) is 5.65 Å². The third-order valence-corrected chi connectivity index (χ3v) is 6.66. The van der Waals surface area contributed by atoms with E-state index < -0.39 is 10.0 Å². The number of hydrogen-bond acceptors (Lipinski definition) is 5. The van der Waals surface area contributed by atoms with Crippen molar-refractivity contribution in [2.24, 2.45) is 0 Å². The average Bonchev–Trinajstić information content (AvgIpc) is 3.21. The minimum atomic E-state index is -3.78. The molecule has 0 bridgehead atoms. The molecule has 1 fully saturated rings. The van der Waals surface area contributed by atoms with Crippen molar-refractivity contribution < 1.29 is 13.2 Å². The number of aromatic nitrogens is 3. The van der Waals surface area contributed by atoms with Gasteiger partial charge in [-0.2, -0.15) is 4.31 Å². The number of halogens is 1. The molecule has 0 radical (unpaired) electrons. The van der Waals surface area contributed by atoms with Crippen LogP contribution >= 0.6 is 11.6 Å². The molecule has 26 heavy (non-hydrogen) atoms. The molecular formula is C17H17ClN4O3S. The molecule has 0 N–H and O–H groups in total. The third kappa shape index (κ3) is 2.94. The zero-order valence-corrected chi connectivity index (χ0v) is 15.6. The van der Waals surface area contributed by atoms with E-state index in [1.165, 1.54) is 8.71 Å². The number of aryl methyl sites for hydroxylation is 1. The number of sulfonamides is 1. The molecule has 1 atom stereocenters. The Morgan fingerprint density at radius 1 is 1.27 bits per heavy atom. The maximum absolute atomic E-state index is 13.1. The predicted octanol–water partition coefficient (Wildman–Crippen LogP) is 2.53. The molecule has 1 saturated heterocycles. The number of pyridine rings is 2. The lowest BCUT2D eigenvalue weighted by molar-refractivity contribution is 0.213. The largest absolute Gasteiger partial charge is 0.487 e. The lowest BCUT2D eigenvalue weighted by Gasteiger charge is -2.17. The van der Waals surface area contributed by atoms with Crippen molar-refractivity contribution in [1.82, 2.24) is 18.7 Å². The second kappa shape index (κ2) is 6.53. The zero-order chi connectivity index (χ0) is 18.3. The van der Waals surface area contributed by atoms with E-state index in [1.54, 1.807) is 36.7 Å². The van der Waals surface area contributed by atoms with Gasteiger partial charge in [0.2, 0.25) is 0 Å². The highest BCUT2D eigenvalue weighted by Gasteiger charge is 2.37. The first-order valence-electron chi connectivity index (χ1n) is 8.18. The van der Waals surface area contributed by atoms with Crippen LogP contribution < -0.4 is 4.74 Å². The van der Waals surface area contributed by atoms with Crippen molar-refractivity contribution in [2.75, 3.05) is 13.1 Å². The van der Waals surface area contributed by atoms with Crippen LogP contribution in [0.1, 0.15) is 12.1 Å². The van der Waals surface area contributed by atoms with Crippen LogP contribution in [0.5, 0.6) is 5.75 Å². The van der Waals surface area contributed by atoms with E-state index in [9.17, 15) is 8.42 Å². The molecule has 7 nitrogen and oxygen atoms in total. The Morgan fingerprint density at radius 3 is 2.92 bits per heavy atom. The SMILES string of the molecule is Cc1ncccc1O[C@@H]1CCN(S(=O)(=O)c2c(Cl)nc3ccccn23)C1. The highest BCUT2D eigenvalue weighted by molar-refractivity contribution is 7.89. The number of nitrogens with zero attached hydrogens (tertiary/aromatic N) is 4. The Bertz CT molecular complexity index is 1070.